The second kappa shape index (κ2) is 6.87. The van der Waals surface area contributed by atoms with Crippen molar-refractivity contribution in [3.05, 3.63) is 66.7 Å². The third-order valence-corrected chi connectivity index (χ3v) is 3.63. The summed E-state index contributed by atoms with van der Waals surface area (Å²) in [6.45, 7) is 0. The van der Waals surface area contributed by atoms with Gasteiger partial charge in [0.1, 0.15) is 11.8 Å². The van der Waals surface area contributed by atoms with Gasteiger partial charge in [-0.05, 0) is 29.8 Å². The second-order valence-corrected chi connectivity index (χ2v) is 5.17. The Hall–Kier alpha value is -3.28. The summed E-state index contributed by atoms with van der Waals surface area (Å²) in [5.41, 5.74) is 7.83. The molecule has 1 unspecified atom stereocenters. The molecule has 1 amide bonds. The Morgan fingerprint density at radius 3 is 2.67 bits per heavy atom. The molecule has 0 fully saturated rings. The molecule has 0 aliphatic heterocycles. The number of para-hydroxylation sites is 1. The summed E-state index contributed by atoms with van der Waals surface area (Å²) in [6, 6.07) is 14.1. The molecule has 1 aromatic heterocycles. The SMILES string of the molecule is COc1cc(C(Nc2ccccc2)C(N)=O)ccc1-c1cnco1. The number of amides is 1. The number of benzene rings is 2. The van der Waals surface area contributed by atoms with Crippen LogP contribution in [0.4, 0.5) is 5.69 Å². The fraction of sp³-hybridized carbons (Fsp3) is 0.111. The van der Waals surface area contributed by atoms with E-state index in [0.29, 0.717) is 17.1 Å². The van der Waals surface area contributed by atoms with Gasteiger partial charge in [0.2, 0.25) is 5.91 Å². The van der Waals surface area contributed by atoms with Crippen molar-refractivity contribution in [2.24, 2.45) is 5.73 Å². The Labute approximate surface area is 139 Å². The average Bonchev–Trinajstić information content (AvgIpc) is 3.14. The summed E-state index contributed by atoms with van der Waals surface area (Å²) < 4.78 is 10.7. The average molecular weight is 323 g/mol. The molecule has 122 valence electrons. The highest BCUT2D eigenvalue weighted by atomic mass is 16.5. The van der Waals surface area contributed by atoms with Crippen molar-refractivity contribution in [3.63, 3.8) is 0 Å². The van der Waals surface area contributed by atoms with Crippen LogP contribution >= 0.6 is 0 Å². The van der Waals surface area contributed by atoms with Gasteiger partial charge in [-0.15, -0.1) is 0 Å². The Bertz CT molecular complexity index is 817. The zero-order valence-corrected chi connectivity index (χ0v) is 13.1. The molecule has 0 radical (unpaired) electrons. The molecule has 6 nitrogen and oxygen atoms in total. The molecule has 0 spiro atoms. The van der Waals surface area contributed by atoms with Crippen molar-refractivity contribution in [2.45, 2.75) is 6.04 Å². The van der Waals surface area contributed by atoms with Crippen molar-refractivity contribution in [2.75, 3.05) is 12.4 Å². The molecular formula is C18H17N3O3. The molecule has 0 saturated carbocycles. The lowest BCUT2D eigenvalue weighted by atomic mass is 10.0. The molecule has 3 aromatic rings. The first-order valence-corrected chi connectivity index (χ1v) is 7.36. The minimum absolute atomic E-state index is 0.478. The molecule has 0 bridgehead atoms. The minimum Gasteiger partial charge on any atom is -0.496 e. The minimum atomic E-state index is -0.676. The Balaban J connectivity index is 1.95. The Kier molecular flexibility index (Phi) is 4.47. The number of nitrogens with zero attached hydrogens (tertiary/aromatic N) is 1. The smallest absolute Gasteiger partial charge is 0.244 e. The fourth-order valence-electron chi connectivity index (χ4n) is 2.46. The number of carbonyl (C=O) groups is 1. The number of carbonyl (C=O) groups excluding carboxylic acids is 1. The van der Waals surface area contributed by atoms with E-state index in [2.05, 4.69) is 10.3 Å². The van der Waals surface area contributed by atoms with Crippen LogP contribution in [0.2, 0.25) is 0 Å². The molecule has 1 atom stereocenters. The highest BCUT2D eigenvalue weighted by Crippen LogP contribution is 2.33. The monoisotopic (exact) mass is 323 g/mol. The van der Waals surface area contributed by atoms with Crippen LogP contribution < -0.4 is 15.8 Å². The van der Waals surface area contributed by atoms with Gasteiger partial charge >= 0.3 is 0 Å². The van der Waals surface area contributed by atoms with E-state index >= 15 is 0 Å². The van der Waals surface area contributed by atoms with Gasteiger partial charge in [-0.3, -0.25) is 4.79 Å². The highest BCUT2D eigenvalue weighted by molar-refractivity contribution is 5.85. The Morgan fingerprint density at radius 1 is 1.25 bits per heavy atom. The third kappa shape index (κ3) is 3.22. The van der Waals surface area contributed by atoms with Crippen molar-refractivity contribution >= 4 is 11.6 Å². The summed E-state index contributed by atoms with van der Waals surface area (Å²) >= 11 is 0. The molecule has 2 aromatic carbocycles. The van der Waals surface area contributed by atoms with Crippen molar-refractivity contribution in [3.8, 4) is 17.1 Å². The standard InChI is InChI=1S/C18H17N3O3/c1-23-15-9-12(7-8-14(15)16-10-20-11-24-16)17(18(19)22)21-13-5-3-2-4-6-13/h2-11,17,21H,1H3,(H2,19,22). The lowest BCUT2D eigenvalue weighted by Gasteiger charge is -2.18. The third-order valence-electron chi connectivity index (χ3n) is 3.63. The lowest BCUT2D eigenvalue weighted by molar-refractivity contribution is -0.118. The summed E-state index contributed by atoms with van der Waals surface area (Å²) in [5, 5.41) is 3.13. The molecule has 6 heteroatoms. The number of anilines is 1. The molecule has 3 N–H and O–H groups in total. The lowest BCUT2D eigenvalue weighted by Crippen LogP contribution is -2.27. The normalized spacial score (nSPS) is 11.7. The molecule has 24 heavy (non-hydrogen) atoms. The number of nitrogens with two attached hydrogens (primary N) is 1. The van der Waals surface area contributed by atoms with Gasteiger partial charge in [0, 0.05) is 5.69 Å². The van der Waals surface area contributed by atoms with E-state index in [1.165, 1.54) is 6.39 Å². The largest absolute Gasteiger partial charge is 0.496 e. The number of primary amides is 1. The van der Waals surface area contributed by atoms with E-state index in [1.54, 1.807) is 19.4 Å². The number of hydrogen-bond acceptors (Lipinski definition) is 5. The van der Waals surface area contributed by atoms with Crippen LogP contribution in [0.1, 0.15) is 11.6 Å². The molecule has 0 aliphatic carbocycles. The summed E-state index contributed by atoms with van der Waals surface area (Å²) in [7, 11) is 1.56. The number of methoxy groups -OCH3 is 1. The van der Waals surface area contributed by atoms with Gasteiger partial charge in [0.15, 0.2) is 12.2 Å². The zero-order chi connectivity index (χ0) is 16.9. The van der Waals surface area contributed by atoms with E-state index in [-0.39, 0.29) is 0 Å². The molecule has 3 rings (SSSR count). The predicted molar refractivity (Wildman–Crippen MR) is 90.5 cm³/mol. The summed E-state index contributed by atoms with van der Waals surface area (Å²) in [6.07, 6.45) is 2.96. The molecular weight excluding hydrogens is 306 g/mol. The molecule has 0 saturated heterocycles. The van der Waals surface area contributed by atoms with E-state index in [0.717, 1.165) is 11.3 Å². The summed E-state index contributed by atoms with van der Waals surface area (Å²) in [4.78, 5) is 15.8. The van der Waals surface area contributed by atoms with E-state index in [1.807, 2.05) is 42.5 Å². The van der Waals surface area contributed by atoms with Crippen LogP contribution in [0.15, 0.2) is 65.5 Å². The number of aromatic nitrogens is 1. The van der Waals surface area contributed by atoms with E-state index in [9.17, 15) is 4.79 Å². The fourth-order valence-corrected chi connectivity index (χ4v) is 2.46. The van der Waals surface area contributed by atoms with E-state index < -0.39 is 11.9 Å². The first-order chi connectivity index (χ1) is 11.7. The molecule has 1 heterocycles. The first-order valence-electron chi connectivity index (χ1n) is 7.36. The van der Waals surface area contributed by atoms with Crippen LogP contribution in [-0.4, -0.2) is 18.0 Å². The first kappa shape index (κ1) is 15.6. The maximum absolute atomic E-state index is 11.9. The van der Waals surface area contributed by atoms with Crippen LogP contribution in [0.25, 0.3) is 11.3 Å². The van der Waals surface area contributed by atoms with Crippen LogP contribution in [0.5, 0.6) is 5.75 Å². The second-order valence-electron chi connectivity index (χ2n) is 5.17. The quantitative estimate of drug-likeness (QED) is 0.728. The van der Waals surface area contributed by atoms with Crippen molar-refractivity contribution < 1.29 is 13.9 Å². The van der Waals surface area contributed by atoms with Crippen molar-refractivity contribution in [1.29, 1.82) is 0 Å². The van der Waals surface area contributed by atoms with Gasteiger partial charge in [-0.1, -0.05) is 24.3 Å². The topological polar surface area (TPSA) is 90.4 Å². The highest BCUT2D eigenvalue weighted by Gasteiger charge is 2.20. The van der Waals surface area contributed by atoms with Crippen LogP contribution in [0, 0.1) is 0 Å². The maximum Gasteiger partial charge on any atom is 0.244 e. The number of oxazole rings is 1. The predicted octanol–water partition coefficient (Wildman–Crippen LogP) is 2.99. The van der Waals surface area contributed by atoms with Gasteiger partial charge < -0.3 is 20.2 Å². The summed E-state index contributed by atoms with van der Waals surface area (Å²) in [5.74, 6) is 0.684. The molecule has 0 aliphatic rings. The van der Waals surface area contributed by atoms with Gasteiger partial charge in [-0.2, -0.15) is 0 Å². The Morgan fingerprint density at radius 2 is 2.04 bits per heavy atom. The van der Waals surface area contributed by atoms with Crippen molar-refractivity contribution in [1.82, 2.24) is 4.98 Å². The van der Waals surface area contributed by atoms with Gasteiger partial charge in [0.05, 0.1) is 18.9 Å². The number of rotatable bonds is 6. The number of ether oxygens (including phenoxy) is 1. The number of hydrogen-bond donors (Lipinski definition) is 2. The maximum atomic E-state index is 11.9. The van der Waals surface area contributed by atoms with E-state index in [4.69, 9.17) is 14.9 Å². The van der Waals surface area contributed by atoms with Gasteiger partial charge in [-0.25, -0.2) is 4.98 Å². The van der Waals surface area contributed by atoms with Crippen LogP contribution in [-0.2, 0) is 4.79 Å². The van der Waals surface area contributed by atoms with Crippen LogP contribution in [0.3, 0.4) is 0 Å². The zero-order valence-electron chi connectivity index (χ0n) is 13.1. The van der Waals surface area contributed by atoms with Gasteiger partial charge in [0.25, 0.3) is 0 Å². The number of nitrogens with one attached hydrogen (secondary N) is 1.